The summed E-state index contributed by atoms with van der Waals surface area (Å²) in [5, 5.41) is 3.08. The van der Waals surface area contributed by atoms with Gasteiger partial charge >= 0.3 is 0 Å². The second-order valence-corrected chi connectivity index (χ2v) is 7.79. The van der Waals surface area contributed by atoms with Gasteiger partial charge in [-0.25, -0.2) is 0 Å². The zero-order chi connectivity index (χ0) is 18.1. The summed E-state index contributed by atoms with van der Waals surface area (Å²) in [4.78, 5) is 13.0. The fourth-order valence-electron chi connectivity index (χ4n) is 3.15. The number of ether oxygens (including phenoxy) is 1. The van der Waals surface area contributed by atoms with Crippen molar-refractivity contribution in [1.29, 1.82) is 0 Å². The molecular weight excluding hydrogens is 310 g/mol. The molecule has 1 saturated carbocycles. The SMILES string of the molecule is CCOc1ccccc1NC(=O)C1(c2ccc(C(C)(C)C)cc2)CC1. The van der Waals surface area contributed by atoms with Crippen LogP contribution in [0.1, 0.15) is 51.7 Å². The van der Waals surface area contributed by atoms with Crippen molar-refractivity contribution in [2.75, 3.05) is 11.9 Å². The highest BCUT2D eigenvalue weighted by Crippen LogP contribution is 2.49. The maximum Gasteiger partial charge on any atom is 0.235 e. The molecule has 0 aliphatic heterocycles. The van der Waals surface area contributed by atoms with Crippen molar-refractivity contribution >= 4 is 11.6 Å². The number of para-hydroxylation sites is 2. The van der Waals surface area contributed by atoms with Crippen LogP contribution in [0.3, 0.4) is 0 Å². The number of hydrogen-bond donors (Lipinski definition) is 1. The van der Waals surface area contributed by atoms with Crippen LogP contribution in [0.4, 0.5) is 5.69 Å². The molecular formula is C22H27NO2. The minimum absolute atomic E-state index is 0.0585. The number of nitrogens with one attached hydrogen (secondary N) is 1. The molecule has 0 heterocycles. The van der Waals surface area contributed by atoms with Gasteiger partial charge in [-0.2, -0.15) is 0 Å². The smallest absolute Gasteiger partial charge is 0.235 e. The number of anilines is 1. The molecule has 3 nitrogen and oxygen atoms in total. The molecule has 0 radical (unpaired) electrons. The molecule has 1 aliphatic rings. The van der Waals surface area contributed by atoms with Gasteiger partial charge in [0, 0.05) is 0 Å². The van der Waals surface area contributed by atoms with E-state index in [1.54, 1.807) is 0 Å². The third kappa shape index (κ3) is 3.55. The van der Waals surface area contributed by atoms with Crippen LogP contribution in [0, 0.1) is 0 Å². The molecule has 1 fully saturated rings. The second kappa shape index (κ2) is 6.55. The van der Waals surface area contributed by atoms with E-state index in [9.17, 15) is 4.79 Å². The molecule has 3 heteroatoms. The molecule has 0 bridgehead atoms. The minimum Gasteiger partial charge on any atom is -0.492 e. The quantitative estimate of drug-likeness (QED) is 0.829. The molecule has 2 aromatic carbocycles. The van der Waals surface area contributed by atoms with Crippen LogP contribution in [0.15, 0.2) is 48.5 Å². The molecule has 0 saturated heterocycles. The summed E-state index contributed by atoms with van der Waals surface area (Å²) in [6.45, 7) is 9.12. The maximum absolute atomic E-state index is 13.0. The average molecular weight is 337 g/mol. The Morgan fingerprint density at radius 2 is 1.72 bits per heavy atom. The van der Waals surface area contributed by atoms with E-state index in [-0.39, 0.29) is 11.3 Å². The van der Waals surface area contributed by atoms with Crippen LogP contribution in [-0.4, -0.2) is 12.5 Å². The normalized spacial score (nSPS) is 15.5. The van der Waals surface area contributed by atoms with Gasteiger partial charge in [-0.15, -0.1) is 0 Å². The monoisotopic (exact) mass is 337 g/mol. The molecule has 1 aliphatic carbocycles. The Morgan fingerprint density at radius 3 is 2.28 bits per heavy atom. The van der Waals surface area contributed by atoms with Crippen LogP contribution >= 0.6 is 0 Å². The average Bonchev–Trinajstić information content (AvgIpc) is 3.38. The summed E-state index contributed by atoms with van der Waals surface area (Å²) in [6, 6.07) is 16.1. The largest absolute Gasteiger partial charge is 0.492 e. The van der Waals surface area contributed by atoms with Crippen LogP contribution in [0.5, 0.6) is 5.75 Å². The van der Waals surface area contributed by atoms with Crippen molar-refractivity contribution in [2.24, 2.45) is 0 Å². The summed E-state index contributed by atoms with van der Waals surface area (Å²) >= 11 is 0. The Labute approximate surface area is 150 Å². The first kappa shape index (κ1) is 17.5. The Bertz CT molecular complexity index is 752. The van der Waals surface area contributed by atoms with Crippen molar-refractivity contribution in [1.82, 2.24) is 0 Å². The van der Waals surface area contributed by atoms with E-state index in [4.69, 9.17) is 4.74 Å². The predicted octanol–water partition coefficient (Wildman–Crippen LogP) is 5.05. The molecule has 3 rings (SSSR count). The van der Waals surface area contributed by atoms with Gasteiger partial charge in [0.05, 0.1) is 17.7 Å². The highest BCUT2D eigenvalue weighted by atomic mass is 16.5. The lowest BCUT2D eigenvalue weighted by molar-refractivity contribution is -0.118. The number of benzene rings is 2. The Kier molecular flexibility index (Phi) is 4.59. The fourth-order valence-corrected chi connectivity index (χ4v) is 3.15. The zero-order valence-corrected chi connectivity index (χ0v) is 15.6. The van der Waals surface area contributed by atoms with Crippen LogP contribution in [0.25, 0.3) is 0 Å². The maximum atomic E-state index is 13.0. The highest BCUT2D eigenvalue weighted by Gasteiger charge is 2.51. The third-order valence-corrected chi connectivity index (χ3v) is 4.92. The number of rotatable bonds is 5. The molecule has 2 aromatic rings. The molecule has 25 heavy (non-hydrogen) atoms. The lowest BCUT2D eigenvalue weighted by Gasteiger charge is -2.21. The van der Waals surface area contributed by atoms with E-state index in [1.807, 2.05) is 31.2 Å². The summed E-state index contributed by atoms with van der Waals surface area (Å²) in [6.07, 6.45) is 1.79. The van der Waals surface area contributed by atoms with E-state index >= 15 is 0 Å². The number of carbonyl (C=O) groups is 1. The first-order valence-corrected chi connectivity index (χ1v) is 9.01. The fraction of sp³-hybridized carbons (Fsp3) is 0.409. The van der Waals surface area contributed by atoms with Gasteiger partial charge in [0.25, 0.3) is 0 Å². The Balaban J connectivity index is 1.80. The lowest BCUT2D eigenvalue weighted by Crippen LogP contribution is -2.28. The first-order valence-electron chi connectivity index (χ1n) is 9.01. The van der Waals surface area contributed by atoms with Crippen molar-refractivity contribution in [3.8, 4) is 5.75 Å². The van der Waals surface area contributed by atoms with Crippen LogP contribution in [0.2, 0.25) is 0 Å². The van der Waals surface area contributed by atoms with E-state index in [2.05, 4.69) is 50.4 Å². The van der Waals surface area contributed by atoms with Crippen molar-refractivity contribution in [3.63, 3.8) is 0 Å². The molecule has 1 amide bonds. The zero-order valence-electron chi connectivity index (χ0n) is 15.6. The Morgan fingerprint density at radius 1 is 1.08 bits per heavy atom. The van der Waals surface area contributed by atoms with Gasteiger partial charge in [-0.1, -0.05) is 57.2 Å². The molecule has 0 unspecified atom stereocenters. The van der Waals surface area contributed by atoms with Crippen molar-refractivity contribution in [2.45, 2.75) is 51.4 Å². The molecule has 132 valence electrons. The second-order valence-electron chi connectivity index (χ2n) is 7.79. The van der Waals surface area contributed by atoms with E-state index < -0.39 is 5.41 Å². The van der Waals surface area contributed by atoms with Gasteiger partial charge in [-0.05, 0) is 48.4 Å². The molecule has 0 spiro atoms. The third-order valence-electron chi connectivity index (χ3n) is 4.92. The van der Waals surface area contributed by atoms with Gasteiger partial charge in [0.1, 0.15) is 5.75 Å². The summed E-state index contributed by atoms with van der Waals surface area (Å²) in [7, 11) is 0. The van der Waals surface area contributed by atoms with Crippen molar-refractivity contribution in [3.05, 3.63) is 59.7 Å². The van der Waals surface area contributed by atoms with Crippen molar-refractivity contribution < 1.29 is 9.53 Å². The molecule has 0 aromatic heterocycles. The molecule has 0 atom stereocenters. The number of carbonyl (C=O) groups excluding carboxylic acids is 1. The highest BCUT2D eigenvalue weighted by molar-refractivity contribution is 6.02. The number of amides is 1. The van der Waals surface area contributed by atoms with Gasteiger partial charge < -0.3 is 10.1 Å². The standard InChI is InChI=1S/C22H27NO2/c1-5-25-19-9-7-6-8-18(19)23-20(24)22(14-15-22)17-12-10-16(11-13-17)21(2,3)4/h6-13H,5,14-15H2,1-4H3,(H,23,24). The van der Waals surface area contributed by atoms with E-state index in [0.29, 0.717) is 6.61 Å². The minimum atomic E-state index is -0.393. The lowest BCUT2D eigenvalue weighted by atomic mass is 9.85. The van der Waals surface area contributed by atoms with Crippen LogP contribution < -0.4 is 10.1 Å². The Hall–Kier alpha value is -2.29. The summed E-state index contributed by atoms with van der Waals surface area (Å²) in [5.74, 6) is 0.778. The van der Waals surface area contributed by atoms with Gasteiger partial charge in [-0.3, -0.25) is 4.79 Å². The molecule has 1 N–H and O–H groups in total. The summed E-state index contributed by atoms with van der Waals surface area (Å²) in [5.41, 5.74) is 2.86. The van der Waals surface area contributed by atoms with E-state index in [0.717, 1.165) is 29.8 Å². The van der Waals surface area contributed by atoms with E-state index in [1.165, 1.54) is 5.56 Å². The predicted molar refractivity (Wildman–Crippen MR) is 102 cm³/mol. The first-order chi connectivity index (χ1) is 11.9. The topological polar surface area (TPSA) is 38.3 Å². The van der Waals surface area contributed by atoms with Gasteiger partial charge in [0.2, 0.25) is 5.91 Å². The van der Waals surface area contributed by atoms with Gasteiger partial charge in [0.15, 0.2) is 0 Å². The van der Waals surface area contributed by atoms with Crippen LogP contribution in [-0.2, 0) is 15.6 Å². The summed E-state index contributed by atoms with van der Waals surface area (Å²) < 4.78 is 5.62. The number of hydrogen-bond acceptors (Lipinski definition) is 2.